The van der Waals surface area contributed by atoms with E-state index < -0.39 is 10.2 Å². The molecule has 0 amide bonds. The first kappa shape index (κ1) is 28.6. The maximum atomic E-state index is 13.2. The molecule has 0 radical (unpaired) electrons. The molecular weight excluding hydrogens is 556 g/mol. The molecule has 0 spiro atoms. The molecule has 2 aliphatic heterocycles. The number of hydrogen-bond donors (Lipinski definition) is 1. The van der Waals surface area contributed by atoms with E-state index >= 15 is 0 Å². The number of piperazine rings is 1. The molecular formula is C29H36N8O4S. The highest BCUT2D eigenvalue weighted by atomic mass is 32.2. The zero-order valence-corrected chi connectivity index (χ0v) is 24.9. The summed E-state index contributed by atoms with van der Waals surface area (Å²) in [6, 6.07) is 10.1. The average Bonchev–Trinajstić information content (AvgIpc) is 3.38. The van der Waals surface area contributed by atoms with E-state index in [-0.39, 0.29) is 12.2 Å². The fourth-order valence-electron chi connectivity index (χ4n) is 5.73. The van der Waals surface area contributed by atoms with Crippen LogP contribution in [0.4, 0.5) is 0 Å². The molecule has 222 valence electrons. The fourth-order valence-corrected chi connectivity index (χ4v) is 7.48. The van der Waals surface area contributed by atoms with Crippen molar-refractivity contribution in [1.29, 1.82) is 0 Å². The third-order valence-corrected chi connectivity index (χ3v) is 9.68. The summed E-state index contributed by atoms with van der Waals surface area (Å²) in [7, 11) is -1.89. The normalized spacial score (nSPS) is 21.1. The van der Waals surface area contributed by atoms with Crippen molar-refractivity contribution < 1.29 is 17.9 Å². The van der Waals surface area contributed by atoms with Crippen molar-refractivity contribution in [2.75, 3.05) is 46.4 Å². The van der Waals surface area contributed by atoms with Gasteiger partial charge in [0.2, 0.25) is 0 Å². The van der Waals surface area contributed by atoms with Gasteiger partial charge in [-0.3, -0.25) is 9.88 Å². The smallest absolute Gasteiger partial charge is 0.282 e. The van der Waals surface area contributed by atoms with Gasteiger partial charge >= 0.3 is 0 Å². The first-order valence-corrected chi connectivity index (χ1v) is 15.6. The Labute approximate surface area is 245 Å². The van der Waals surface area contributed by atoms with Crippen molar-refractivity contribution in [3.05, 3.63) is 66.1 Å². The van der Waals surface area contributed by atoms with E-state index in [1.165, 1.54) is 6.33 Å². The molecule has 2 saturated heterocycles. The molecule has 13 heteroatoms. The Balaban J connectivity index is 1.08. The summed E-state index contributed by atoms with van der Waals surface area (Å²) in [6.45, 7) is 7.67. The second kappa shape index (κ2) is 12.0. The zero-order valence-electron chi connectivity index (χ0n) is 24.1. The van der Waals surface area contributed by atoms with Crippen molar-refractivity contribution in [3.63, 3.8) is 0 Å². The summed E-state index contributed by atoms with van der Waals surface area (Å²) in [5, 5.41) is 0. The quantitative estimate of drug-likeness (QED) is 0.328. The van der Waals surface area contributed by atoms with E-state index in [4.69, 9.17) is 14.5 Å². The lowest BCUT2D eigenvalue weighted by Gasteiger charge is -2.40. The van der Waals surface area contributed by atoms with Crippen LogP contribution in [-0.4, -0.2) is 105 Å². The number of fused-ring (bicyclic) bond motifs is 1. The Hall–Kier alpha value is -3.49. The summed E-state index contributed by atoms with van der Waals surface area (Å²) < 4.78 is 40.8. The second-order valence-corrected chi connectivity index (χ2v) is 12.9. The van der Waals surface area contributed by atoms with Crippen LogP contribution in [0.1, 0.15) is 30.9 Å². The van der Waals surface area contributed by atoms with Crippen LogP contribution < -0.4 is 4.74 Å². The van der Waals surface area contributed by atoms with Crippen LogP contribution in [0.2, 0.25) is 0 Å². The van der Waals surface area contributed by atoms with Crippen LogP contribution >= 0.6 is 0 Å². The molecule has 2 aliphatic rings. The van der Waals surface area contributed by atoms with Gasteiger partial charge in [-0.05, 0) is 43.7 Å². The Morgan fingerprint density at radius 1 is 1.02 bits per heavy atom. The molecule has 6 rings (SSSR count). The van der Waals surface area contributed by atoms with Gasteiger partial charge in [-0.2, -0.15) is 17.0 Å². The van der Waals surface area contributed by atoms with Crippen LogP contribution in [0.5, 0.6) is 5.75 Å². The molecule has 0 bridgehead atoms. The molecule has 12 nitrogen and oxygen atoms in total. The van der Waals surface area contributed by atoms with Crippen molar-refractivity contribution in [2.45, 2.75) is 39.0 Å². The molecule has 1 N–H and O–H groups in total. The number of aromatic amines is 1. The fraction of sp³-hybridized carbons (Fsp3) is 0.448. The molecule has 2 unspecified atom stereocenters. The molecule has 2 fully saturated rings. The molecule has 2 atom stereocenters. The minimum Gasteiger partial charge on any atom is -0.493 e. The molecule has 42 heavy (non-hydrogen) atoms. The van der Waals surface area contributed by atoms with Gasteiger partial charge in [0, 0.05) is 69.7 Å². The van der Waals surface area contributed by atoms with Crippen molar-refractivity contribution >= 4 is 21.2 Å². The van der Waals surface area contributed by atoms with Crippen LogP contribution in [0.25, 0.3) is 22.3 Å². The highest BCUT2D eigenvalue weighted by molar-refractivity contribution is 7.86. The van der Waals surface area contributed by atoms with Crippen LogP contribution in [-0.2, 0) is 27.9 Å². The van der Waals surface area contributed by atoms with Crippen molar-refractivity contribution in [2.24, 2.45) is 0 Å². The summed E-state index contributed by atoms with van der Waals surface area (Å²) in [4.78, 5) is 23.5. The maximum absolute atomic E-state index is 13.2. The third kappa shape index (κ3) is 6.15. The van der Waals surface area contributed by atoms with E-state index in [1.54, 1.807) is 21.9 Å². The number of rotatable bonds is 8. The number of pyridine rings is 1. The first-order chi connectivity index (χ1) is 20.3. The Morgan fingerprint density at radius 2 is 1.81 bits per heavy atom. The number of hydrogen-bond acceptors (Lipinski definition) is 9. The van der Waals surface area contributed by atoms with Gasteiger partial charge in [-0.25, -0.2) is 15.0 Å². The summed E-state index contributed by atoms with van der Waals surface area (Å²) in [5.41, 5.74) is 5.48. The van der Waals surface area contributed by atoms with Gasteiger partial charge in [-0.15, -0.1) is 0 Å². The number of ether oxygens (including phenoxy) is 2. The third-order valence-electron chi connectivity index (χ3n) is 7.71. The van der Waals surface area contributed by atoms with Crippen LogP contribution in [0, 0.1) is 0 Å². The number of nitrogens with zero attached hydrogens (tertiary/aromatic N) is 7. The summed E-state index contributed by atoms with van der Waals surface area (Å²) in [5.74, 6) is 1.44. The number of nitrogens with one attached hydrogen (secondary N) is 1. The lowest BCUT2D eigenvalue weighted by Crippen LogP contribution is -2.57. The highest BCUT2D eigenvalue weighted by Gasteiger charge is 2.36. The van der Waals surface area contributed by atoms with E-state index in [2.05, 4.69) is 30.9 Å². The van der Waals surface area contributed by atoms with Gasteiger partial charge in [0.25, 0.3) is 10.2 Å². The maximum Gasteiger partial charge on any atom is 0.282 e. The average molecular weight is 593 g/mol. The number of morpholine rings is 1. The van der Waals surface area contributed by atoms with Gasteiger partial charge in [0.05, 0.1) is 36.5 Å². The largest absolute Gasteiger partial charge is 0.493 e. The number of methoxy groups -OCH3 is 1. The first-order valence-electron chi connectivity index (χ1n) is 14.2. The zero-order chi connectivity index (χ0) is 29.3. The van der Waals surface area contributed by atoms with Gasteiger partial charge in [0.1, 0.15) is 17.8 Å². The topological polar surface area (TPSA) is 130 Å². The Morgan fingerprint density at radius 3 is 2.57 bits per heavy atom. The van der Waals surface area contributed by atoms with Crippen LogP contribution in [0.15, 0.2) is 49.1 Å². The van der Waals surface area contributed by atoms with Gasteiger partial charge in [-0.1, -0.05) is 6.07 Å². The van der Waals surface area contributed by atoms with E-state index in [0.717, 1.165) is 45.9 Å². The van der Waals surface area contributed by atoms with Crippen molar-refractivity contribution in [3.8, 4) is 17.0 Å². The molecule has 1 aromatic carbocycles. The molecule has 3 aromatic heterocycles. The number of benzene rings is 1. The standard InChI is InChI=1S/C29H36N8O4S/c1-20-16-37(17-21(2)41-20)42(38,39)36-10-8-35(9-11-36)18-22-6-7-31-24(12-22)14-28-33-25-5-4-23(13-26(25)34-28)29-27(40-3)15-30-19-32-29/h4-7,12-13,15,19-21H,8-11,14,16-18H2,1-3H3,(H,33,34). The number of H-pyrrole nitrogens is 1. The van der Waals surface area contributed by atoms with E-state index in [0.29, 0.717) is 51.4 Å². The van der Waals surface area contributed by atoms with E-state index in [1.807, 2.05) is 44.3 Å². The highest BCUT2D eigenvalue weighted by Crippen LogP contribution is 2.29. The Kier molecular flexibility index (Phi) is 8.19. The number of imidazole rings is 1. The Bertz CT molecular complexity index is 1640. The predicted octanol–water partition coefficient (Wildman–Crippen LogP) is 2.49. The van der Waals surface area contributed by atoms with Crippen LogP contribution in [0.3, 0.4) is 0 Å². The summed E-state index contributed by atoms with van der Waals surface area (Å²) in [6.07, 6.45) is 5.35. The predicted molar refractivity (Wildman–Crippen MR) is 158 cm³/mol. The molecule has 0 aliphatic carbocycles. The lowest BCUT2D eigenvalue weighted by atomic mass is 10.1. The van der Waals surface area contributed by atoms with Crippen molar-refractivity contribution in [1.82, 2.24) is 38.4 Å². The lowest BCUT2D eigenvalue weighted by molar-refractivity contribution is -0.0457. The van der Waals surface area contributed by atoms with Gasteiger partial charge < -0.3 is 14.5 Å². The van der Waals surface area contributed by atoms with Gasteiger partial charge in [0.15, 0.2) is 5.75 Å². The monoisotopic (exact) mass is 592 g/mol. The number of aromatic nitrogens is 5. The minimum atomic E-state index is -3.49. The second-order valence-electron chi connectivity index (χ2n) is 10.9. The summed E-state index contributed by atoms with van der Waals surface area (Å²) >= 11 is 0. The minimum absolute atomic E-state index is 0.101. The molecule has 4 aromatic rings. The molecule has 0 saturated carbocycles. The SMILES string of the molecule is COc1cncnc1-c1ccc2nc(Cc3cc(CN4CCN(S(=O)(=O)N5CC(C)OC(C)C5)CC4)ccn3)[nH]c2c1. The molecule has 5 heterocycles. The van der Waals surface area contributed by atoms with E-state index in [9.17, 15) is 8.42 Å².